The summed E-state index contributed by atoms with van der Waals surface area (Å²) in [7, 11) is 0. The molecular formula is C12H14F2N4O. The fourth-order valence-corrected chi connectivity index (χ4v) is 1.58. The summed E-state index contributed by atoms with van der Waals surface area (Å²) in [5.41, 5.74) is 2.16. The van der Waals surface area contributed by atoms with E-state index in [0.717, 1.165) is 17.8 Å². The number of halogens is 2. The van der Waals surface area contributed by atoms with E-state index in [9.17, 15) is 8.78 Å². The highest BCUT2D eigenvalue weighted by Gasteiger charge is 2.14. The van der Waals surface area contributed by atoms with Crippen LogP contribution < -0.4 is 5.32 Å². The van der Waals surface area contributed by atoms with Crippen molar-refractivity contribution in [3.63, 3.8) is 0 Å². The molecule has 2 aromatic heterocycles. The molecule has 0 atom stereocenters. The van der Waals surface area contributed by atoms with Gasteiger partial charge >= 0.3 is 0 Å². The summed E-state index contributed by atoms with van der Waals surface area (Å²) in [4.78, 5) is 8.49. The lowest BCUT2D eigenvalue weighted by Crippen LogP contribution is -2.06. The minimum absolute atomic E-state index is 0.239. The first kappa shape index (κ1) is 13.4. The van der Waals surface area contributed by atoms with E-state index in [1.807, 2.05) is 19.9 Å². The first-order chi connectivity index (χ1) is 9.08. The zero-order valence-electron chi connectivity index (χ0n) is 10.7. The molecule has 0 saturated carbocycles. The molecular weight excluding hydrogens is 254 g/mol. The van der Waals surface area contributed by atoms with Gasteiger partial charge in [0.05, 0.1) is 6.54 Å². The Morgan fingerprint density at radius 2 is 2.05 bits per heavy atom. The zero-order valence-corrected chi connectivity index (χ0v) is 10.7. The quantitative estimate of drug-likeness (QED) is 0.903. The molecule has 0 aromatic carbocycles. The second-order valence-corrected chi connectivity index (χ2v) is 4.05. The lowest BCUT2D eigenvalue weighted by Gasteiger charge is -2.05. The largest absolute Gasteiger partial charge is 0.355 e. The van der Waals surface area contributed by atoms with Crippen LogP contribution in [-0.2, 0) is 13.0 Å². The Bertz CT molecular complexity index is 556. The predicted molar refractivity (Wildman–Crippen MR) is 64.9 cm³/mol. The molecule has 102 valence electrons. The number of aryl methyl sites for hydroxylation is 2. The van der Waals surface area contributed by atoms with Crippen LogP contribution in [0.5, 0.6) is 0 Å². The Balaban J connectivity index is 2.03. The van der Waals surface area contributed by atoms with Crippen LogP contribution in [0.15, 0.2) is 16.7 Å². The molecule has 0 saturated heterocycles. The van der Waals surface area contributed by atoms with Crippen LogP contribution in [0, 0.1) is 6.92 Å². The molecule has 19 heavy (non-hydrogen) atoms. The van der Waals surface area contributed by atoms with Crippen molar-refractivity contribution in [1.82, 2.24) is 15.1 Å². The van der Waals surface area contributed by atoms with Crippen molar-refractivity contribution in [1.29, 1.82) is 0 Å². The normalized spacial score (nSPS) is 11.0. The second kappa shape index (κ2) is 5.73. The van der Waals surface area contributed by atoms with Gasteiger partial charge in [0.15, 0.2) is 0 Å². The van der Waals surface area contributed by atoms with Crippen LogP contribution in [-0.4, -0.2) is 15.1 Å². The highest BCUT2D eigenvalue weighted by Crippen LogP contribution is 2.19. The van der Waals surface area contributed by atoms with Crippen molar-refractivity contribution in [2.75, 3.05) is 5.32 Å². The number of anilines is 1. The van der Waals surface area contributed by atoms with Gasteiger partial charge in [0.25, 0.3) is 6.43 Å². The lowest BCUT2D eigenvalue weighted by atomic mass is 10.3. The Kier molecular flexibility index (Phi) is 4.03. The summed E-state index contributed by atoms with van der Waals surface area (Å²) in [6, 6.07) is 3.12. The number of hydrogen-bond donors (Lipinski definition) is 1. The van der Waals surface area contributed by atoms with Gasteiger partial charge in [-0.3, -0.25) is 0 Å². The van der Waals surface area contributed by atoms with Crippen molar-refractivity contribution in [3.05, 3.63) is 35.0 Å². The monoisotopic (exact) mass is 268 g/mol. The Morgan fingerprint density at radius 1 is 1.26 bits per heavy atom. The van der Waals surface area contributed by atoms with Crippen molar-refractivity contribution in [3.8, 4) is 0 Å². The molecule has 0 amide bonds. The smallest absolute Gasteiger partial charge is 0.298 e. The summed E-state index contributed by atoms with van der Waals surface area (Å²) < 4.78 is 29.1. The van der Waals surface area contributed by atoms with Gasteiger partial charge in [-0.05, 0) is 19.4 Å². The van der Waals surface area contributed by atoms with E-state index >= 15 is 0 Å². The third kappa shape index (κ3) is 3.46. The van der Waals surface area contributed by atoms with Crippen LogP contribution in [0.3, 0.4) is 0 Å². The maximum absolute atomic E-state index is 12.3. The van der Waals surface area contributed by atoms with Gasteiger partial charge in [0, 0.05) is 17.5 Å². The Hall–Kier alpha value is -2.05. The van der Waals surface area contributed by atoms with E-state index < -0.39 is 12.2 Å². The van der Waals surface area contributed by atoms with Gasteiger partial charge in [0.2, 0.25) is 11.7 Å². The molecule has 0 bridgehead atoms. The maximum atomic E-state index is 12.3. The van der Waals surface area contributed by atoms with Gasteiger partial charge < -0.3 is 9.84 Å². The summed E-state index contributed by atoms with van der Waals surface area (Å²) in [5, 5.41) is 6.48. The number of alkyl halides is 2. The number of rotatable bonds is 5. The van der Waals surface area contributed by atoms with Crippen LogP contribution >= 0.6 is 0 Å². The number of aromatic nitrogens is 3. The summed E-state index contributed by atoms with van der Waals surface area (Å²) >= 11 is 0. The van der Waals surface area contributed by atoms with E-state index in [4.69, 9.17) is 0 Å². The number of hydrogen-bond acceptors (Lipinski definition) is 5. The maximum Gasteiger partial charge on any atom is 0.298 e. The van der Waals surface area contributed by atoms with Gasteiger partial charge in [-0.2, -0.15) is 0 Å². The molecule has 2 rings (SSSR count). The molecule has 0 aliphatic carbocycles. The highest BCUT2D eigenvalue weighted by molar-refractivity contribution is 5.29. The fraction of sp³-hybridized carbons (Fsp3) is 0.417. The van der Waals surface area contributed by atoms with E-state index in [1.165, 1.54) is 6.07 Å². The van der Waals surface area contributed by atoms with Gasteiger partial charge in [-0.1, -0.05) is 12.1 Å². The second-order valence-electron chi connectivity index (χ2n) is 4.05. The Labute approximate surface area is 109 Å². The predicted octanol–water partition coefficient (Wildman–Crippen LogP) is 2.89. The molecule has 1 N–H and O–H groups in total. The SMILES string of the molecule is CCc1cc(C)nc(NCc2cc(C(F)F)on2)n1. The molecule has 5 nitrogen and oxygen atoms in total. The van der Waals surface area contributed by atoms with Gasteiger partial charge in [-0.25, -0.2) is 18.7 Å². The van der Waals surface area contributed by atoms with Crippen molar-refractivity contribution >= 4 is 5.95 Å². The molecule has 0 aliphatic heterocycles. The van der Waals surface area contributed by atoms with E-state index in [0.29, 0.717) is 11.6 Å². The number of nitrogens with one attached hydrogen (secondary N) is 1. The first-order valence-electron chi connectivity index (χ1n) is 5.90. The van der Waals surface area contributed by atoms with E-state index in [2.05, 4.69) is 25.0 Å². The van der Waals surface area contributed by atoms with Crippen LogP contribution in [0.4, 0.5) is 14.7 Å². The molecule has 0 fully saturated rings. The average molecular weight is 268 g/mol. The highest BCUT2D eigenvalue weighted by atomic mass is 19.3. The fourth-order valence-electron chi connectivity index (χ4n) is 1.58. The van der Waals surface area contributed by atoms with Gasteiger partial charge in [-0.15, -0.1) is 0 Å². The van der Waals surface area contributed by atoms with E-state index in [-0.39, 0.29) is 6.54 Å². The summed E-state index contributed by atoms with van der Waals surface area (Å²) in [6.07, 6.45) is -1.85. The lowest BCUT2D eigenvalue weighted by molar-refractivity contribution is 0.112. The Morgan fingerprint density at radius 3 is 2.68 bits per heavy atom. The van der Waals surface area contributed by atoms with Gasteiger partial charge in [0.1, 0.15) is 5.69 Å². The minimum atomic E-state index is -2.65. The molecule has 2 aromatic rings. The average Bonchev–Trinajstić information content (AvgIpc) is 2.84. The van der Waals surface area contributed by atoms with Crippen molar-refractivity contribution < 1.29 is 13.3 Å². The van der Waals surface area contributed by atoms with Crippen LogP contribution in [0.2, 0.25) is 0 Å². The molecule has 7 heteroatoms. The molecule has 0 spiro atoms. The summed E-state index contributed by atoms with van der Waals surface area (Å²) in [6.45, 7) is 4.11. The third-order valence-corrected chi connectivity index (χ3v) is 2.49. The third-order valence-electron chi connectivity index (χ3n) is 2.49. The molecule has 0 unspecified atom stereocenters. The van der Waals surface area contributed by atoms with Crippen LogP contribution in [0.1, 0.15) is 36.2 Å². The van der Waals surface area contributed by atoms with Crippen molar-refractivity contribution in [2.45, 2.75) is 33.2 Å². The summed E-state index contributed by atoms with van der Waals surface area (Å²) in [5.74, 6) is 0.0228. The molecule has 0 aliphatic rings. The first-order valence-corrected chi connectivity index (χ1v) is 5.90. The van der Waals surface area contributed by atoms with E-state index in [1.54, 1.807) is 0 Å². The molecule has 2 heterocycles. The number of nitrogens with zero attached hydrogens (tertiary/aromatic N) is 3. The van der Waals surface area contributed by atoms with Crippen LogP contribution in [0.25, 0.3) is 0 Å². The standard InChI is InChI=1S/C12H14F2N4O/c1-3-8-4-7(2)16-12(17-8)15-6-9-5-10(11(13)14)19-18-9/h4-5,11H,3,6H2,1-2H3,(H,15,16,17). The van der Waals surface area contributed by atoms with Crippen molar-refractivity contribution in [2.24, 2.45) is 0 Å². The topological polar surface area (TPSA) is 63.8 Å². The zero-order chi connectivity index (χ0) is 13.8. The minimum Gasteiger partial charge on any atom is -0.355 e. The molecule has 0 radical (unpaired) electrons.